The van der Waals surface area contributed by atoms with Gasteiger partial charge >= 0.3 is 0 Å². The predicted molar refractivity (Wildman–Crippen MR) is 82.0 cm³/mol. The molecule has 0 radical (unpaired) electrons. The molecule has 2 amide bonds. The van der Waals surface area contributed by atoms with Gasteiger partial charge in [0.05, 0.1) is 0 Å². The standard InChI is InChI=1S/C16H13ClF2N2O2/c17-11-4-2-1-3-9(11)8-14(15(20)22)21-16(23)10-5-6-12(18)13(19)7-10/h1-7,14H,8H2,(H2,20,22)(H,21,23)/t14-/m1/s1. The lowest BCUT2D eigenvalue weighted by atomic mass is 10.0. The molecule has 0 bridgehead atoms. The van der Waals surface area contributed by atoms with E-state index in [-0.39, 0.29) is 12.0 Å². The lowest BCUT2D eigenvalue weighted by molar-refractivity contribution is -0.119. The van der Waals surface area contributed by atoms with Crippen LogP contribution in [-0.4, -0.2) is 17.9 Å². The third kappa shape index (κ3) is 4.26. The van der Waals surface area contributed by atoms with Gasteiger partial charge in [0.2, 0.25) is 5.91 Å². The molecule has 0 spiro atoms. The summed E-state index contributed by atoms with van der Waals surface area (Å²) in [7, 11) is 0. The zero-order chi connectivity index (χ0) is 17.0. The molecule has 0 aromatic heterocycles. The van der Waals surface area contributed by atoms with E-state index >= 15 is 0 Å². The summed E-state index contributed by atoms with van der Waals surface area (Å²) < 4.78 is 26.1. The Morgan fingerprint density at radius 2 is 1.83 bits per heavy atom. The normalized spacial score (nSPS) is 11.8. The molecule has 2 rings (SSSR count). The number of rotatable bonds is 5. The molecule has 0 fully saturated rings. The van der Waals surface area contributed by atoms with Crippen LogP contribution in [0.15, 0.2) is 42.5 Å². The highest BCUT2D eigenvalue weighted by molar-refractivity contribution is 6.31. The number of benzene rings is 2. The van der Waals surface area contributed by atoms with Gasteiger partial charge in [0.15, 0.2) is 11.6 Å². The van der Waals surface area contributed by atoms with E-state index in [4.69, 9.17) is 17.3 Å². The van der Waals surface area contributed by atoms with Gasteiger partial charge in [-0.05, 0) is 29.8 Å². The maximum Gasteiger partial charge on any atom is 0.252 e. The smallest absolute Gasteiger partial charge is 0.252 e. The van der Waals surface area contributed by atoms with E-state index in [1.807, 2.05) is 0 Å². The lowest BCUT2D eigenvalue weighted by Crippen LogP contribution is -2.45. The first-order valence-corrected chi connectivity index (χ1v) is 7.05. The zero-order valence-corrected chi connectivity index (χ0v) is 12.6. The molecule has 0 saturated carbocycles. The highest BCUT2D eigenvalue weighted by atomic mass is 35.5. The second-order valence-corrected chi connectivity index (χ2v) is 5.26. The molecule has 7 heteroatoms. The van der Waals surface area contributed by atoms with Crippen molar-refractivity contribution in [2.24, 2.45) is 5.73 Å². The van der Waals surface area contributed by atoms with Crippen molar-refractivity contribution in [3.63, 3.8) is 0 Å². The Bertz CT molecular complexity index is 753. The Labute approximate surface area is 136 Å². The van der Waals surface area contributed by atoms with Crippen LogP contribution >= 0.6 is 11.6 Å². The quantitative estimate of drug-likeness (QED) is 0.879. The van der Waals surface area contributed by atoms with Gasteiger partial charge in [0, 0.05) is 17.0 Å². The molecular weight excluding hydrogens is 326 g/mol. The highest BCUT2D eigenvalue weighted by Crippen LogP contribution is 2.17. The Balaban J connectivity index is 2.16. The number of carbonyl (C=O) groups is 2. The van der Waals surface area contributed by atoms with Crippen molar-refractivity contribution in [1.82, 2.24) is 5.32 Å². The van der Waals surface area contributed by atoms with E-state index in [0.717, 1.165) is 18.2 Å². The topological polar surface area (TPSA) is 72.2 Å². The summed E-state index contributed by atoms with van der Waals surface area (Å²) in [5.41, 5.74) is 5.80. The third-order valence-electron chi connectivity index (χ3n) is 3.21. The number of hydrogen-bond donors (Lipinski definition) is 2. The van der Waals surface area contributed by atoms with E-state index in [2.05, 4.69) is 5.32 Å². The molecule has 23 heavy (non-hydrogen) atoms. The molecule has 0 aliphatic carbocycles. The first-order valence-electron chi connectivity index (χ1n) is 6.67. The van der Waals surface area contributed by atoms with Crippen molar-refractivity contribution < 1.29 is 18.4 Å². The summed E-state index contributed by atoms with van der Waals surface area (Å²) >= 11 is 6.01. The van der Waals surface area contributed by atoms with Crippen LogP contribution in [-0.2, 0) is 11.2 Å². The fourth-order valence-electron chi connectivity index (χ4n) is 1.99. The van der Waals surface area contributed by atoms with E-state index in [0.29, 0.717) is 10.6 Å². The predicted octanol–water partition coefficient (Wildman–Crippen LogP) is 2.44. The van der Waals surface area contributed by atoms with Crippen molar-refractivity contribution >= 4 is 23.4 Å². The second-order valence-electron chi connectivity index (χ2n) is 4.85. The number of carbonyl (C=O) groups excluding carboxylic acids is 2. The molecule has 0 aliphatic heterocycles. The second kappa shape index (κ2) is 7.19. The molecule has 120 valence electrons. The van der Waals surface area contributed by atoms with Gasteiger partial charge in [-0.15, -0.1) is 0 Å². The van der Waals surface area contributed by atoms with E-state index in [1.165, 1.54) is 0 Å². The Morgan fingerprint density at radius 1 is 1.13 bits per heavy atom. The molecular formula is C16H13ClF2N2O2. The summed E-state index contributed by atoms with van der Waals surface area (Å²) in [5, 5.41) is 2.83. The van der Waals surface area contributed by atoms with Crippen molar-refractivity contribution in [2.75, 3.05) is 0 Å². The fraction of sp³-hybridized carbons (Fsp3) is 0.125. The van der Waals surface area contributed by atoms with Gasteiger partial charge in [-0.1, -0.05) is 29.8 Å². The van der Waals surface area contributed by atoms with Gasteiger partial charge in [-0.2, -0.15) is 0 Å². The van der Waals surface area contributed by atoms with Gasteiger partial charge < -0.3 is 11.1 Å². The van der Waals surface area contributed by atoms with Crippen LogP contribution in [0, 0.1) is 11.6 Å². The minimum absolute atomic E-state index is 0.0877. The monoisotopic (exact) mass is 338 g/mol. The average molecular weight is 339 g/mol. The molecule has 4 nitrogen and oxygen atoms in total. The van der Waals surface area contributed by atoms with Crippen molar-refractivity contribution in [2.45, 2.75) is 12.5 Å². The molecule has 2 aromatic carbocycles. The largest absolute Gasteiger partial charge is 0.368 e. The molecule has 1 atom stereocenters. The fourth-order valence-corrected chi connectivity index (χ4v) is 2.20. The Morgan fingerprint density at radius 3 is 2.43 bits per heavy atom. The van der Waals surface area contributed by atoms with Crippen LogP contribution in [0.5, 0.6) is 0 Å². The Kier molecular flexibility index (Phi) is 5.28. The Hall–Kier alpha value is -2.47. The summed E-state index contributed by atoms with van der Waals surface area (Å²) in [4.78, 5) is 23.6. The SMILES string of the molecule is NC(=O)[C@@H](Cc1ccccc1Cl)NC(=O)c1ccc(F)c(F)c1. The summed E-state index contributed by atoms with van der Waals surface area (Å²) in [5.74, 6) is -3.72. The molecule has 0 saturated heterocycles. The maximum atomic E-state index is 13.2. The van der Waals surface area contributed by atoms with Crippen LogP contribution in [0.3, 0.4) is 0 Å². The van der Waals surface area contributed by atoms with E-state index < -0.39 is 29.5 Å². The van der Waals surface area contributed by atoms with Gasteiger partial charge in [-0.25, -0.2) is 8.78 Å². The zero-order valence-electron chi connectivity index (χ0n) is 11.9. The minimum Gasteiger partial charge on any atom is -0.368 e. The van der Waals surface area contributed by atoms with Crippen LogP contribution < -0.4 is 11.1 Å². The summed E-state index contributed by atoms with van der Waals surface area (Å²) in [6.07, 6.45) is 0.0877. The molecule has 3 N–H and O–H groups in total. The van der Waals surface area contributed by atoms with E-state index in [1.54, 1.807) is 24.3 Å². The molecule has 0 aliphatic rings. The molecule has 0 heterocycles. The van der Waals surface area contributed by atoms with Crippen LogP contribution in [0.2, 0.25) is 5.02 Å². The van der Waals surface area contributed by atoms with Gasteiger partial charge in [0.1, 0.15) is 6.04 Å². The maximum absolute atomic E-state index is 13.2. The van der Waals surface area contributed by atoms with Gasteiger partial charge in [0.25, 0.3) is 5.91 Å². The number of nitrogens with two attached hydrogens (primary N) is 1. The third-order valence-corrected chi connectivity index (χ3v) is 3.58. The number of primary amides is 1. The number of nitrogens with one attached hydrogen (secondary N) is 1. The summed E-state index contributed by atoms with van der Waals surface area (Å²) in [6.45, 7) is 0. The first-order chi connectivity index (χ1) is 10.9. The van der Waals surface area contributed by atoms with E-state index in [9.17, 15) is 18.4 Å². The van der Waals surface area contributed by atoms with Gasteiger partial charge in [-0.3, -0.25) is 9.59 Å². The van der Waals surface area contributed by atoms with Crippen molar-refractivity contribution in [3.05, 3.63) is 70.2 Å². The van der Waals surface area contributed by atoms with Crippen molar-refractivity contribution in [3.8, 4) is 0 Å². The highest BCUT2D eigenvalue weighted by Gasteiger charge is 2.21. The number of halogens is 3. The lowest BCUT2D eigenvalue weighted by Gasteiger charge is -2.16. The first kappa shape index (κ1) is 16.9. The molecule has 0 unspecified atom stereocenters. The molecule has 2 aromatic rings. The minimum atomic E-state index is -1.15. The van der Waals surface area contributed by atoms with Crippen LogP contribution in [0.1, 0.15) is 15.9 Å². The van der Waals surface area contributed by atoms with Crippen LogP contribution in [0.25, 0.3) is 0 Å². The average Bonchev–Trinajstić information content (AvgIpc) is 2.51. The number of hydrogen-bond acceptors (Lipinski definition) is 2. The van der Waals surface area contributed by atoms with Crippen molar-refractivity contribution in [1.29, 1.82) is 0 Å². The van der Waals surface area contributed by atoms with Crippen LogP contribution in [0.4, 0.5) is 8.78 Å². The number of amides is 2. The summed E-state index contributed by atoms with van der Waals surface area (Å²) in [6, 6.07) is 8.46.